The van der Waals surface area contributed by atoms with Crippen molar-refractivity contribution in [1.82, 2.24) is 15.0 Å². The van der Waals surface area contributed by atoms with Crippen LogP contribution in [0.4, 0.5) is 0 Å². The number of aromatic nitrogens is 3. The summed E-state index contributed by atoms with van der Waals surface area (Å²) in [5.41, 5.74) is 1.02. The molecule has 1 aliphatic heterocycles. The fourth-order valence-corrected chi connectivity index (χ4v) is 2.70. The minimum atomic E-state index is -0.754. The maximum atomic E-state index is 6.15. The molecule has 5 nitrogen and oxygen atoms in total. The van der Waals surface area contributed by atoms with Gasteiger partial charge >= 0.3 is 0 Å². The van der Waals surface area contributed by atoms with E-state index in [2.05, 4.69) is 17.2 Å². The molecule has 0 radical (unpaired) electrons. The highest BCUT2D eigenvalue weighted by Crippen LogP contribution is 2.36. The summed E-state index contributed by atoms with van der Waals surface area (Å²) < 4.78 is 13.9. The Labute approximate surface area is 148 Å². The van der Waals surface area contributed by atoms with Crippen molar-refractivity contribution in [2.24, 2.45) is 0 Å². The Bertz CT molecular complexity index is 693. The Balaban J connectivity index is 0.000000258. The lowest BCUT2D eigenvalue weighted by atomic mass is 10.1. The zero-order valence-corrected chi connectivity index (χ0v) is 14.4. The van der Waals surface area contributed by atoms with Crippen LogP contribution >= 0.6 is 0 Å². The standard InChI is InChI=1S/C14H17N3O2.C6H6/c1-2-13-10-18-14(19-13,11-17-9-8-15-16-17)12-6-4-3-5-7-12;1-2-4-6-5-3-1/h3-9,13H,2,10-11H2,1H3;1-6H. The molecule has 130 valence electrons. The molecule has 1 fully saturated rings. The highest BCUT2D eigenvalue weighted by Gasteiger charge is 2.43. The predicted octanol–water partition coefficient (Wildman–Crippen LogP) is 3.64. The van der Waals surface area contributed by atoms with Crippen LogP contribution in [0, 0.1) is 0 Å². The van der Waals surface area contributed by atoms with Crippen LogP contribution in [-0.2, 0) is 21.8 Å². The quantitative estimate of drug-likeness (QED) is 0.729. The largest absolute Gasteiger partial charge is 0.342 e. The summed E-state index contributed by atoms with van der Waals surface area (Å²) in [6, 6.07) is 22.0. The molecule has 1 aromatic heterocycles. The van der Waals surface area contributed by atoms with E-state index in [-0.39, 0.29) is 6.10 Å². The lowest BCUT2D eigenvalue weighted by Gasteiger charge is -2.28. The van der Waals surface area contributed by atoms with E-state index in [0.29, 0.717) is 13.2 Å². The Morgan fingerprint density at radius 3 is 2.20 bits per heavy atom. The summed E-state index contributed by atoms with van der Waals surface area (Å²) in [6.45, 7) is 3.22. The van der Waals surface area contributed by atoms with Gasteiger partial charge in [0.2, 0.25) is 5.79 Å². The van der Waals surface area contributed by atoms with Crippen LogP contribution in [0.3, 0.4) is 0 Å². The molecule has 2 unspecified atom stereocenters. The summed E-state index contributed by atoms with van der Waals surface area (Å²) in [5, 5.41) is 7.84. The van der Waals surface area contributed by atoms with Gasteiger partial charge in [-0.1, -0.05) is 78.9 Å². The van der Waals surface area contributed by atoms with E-state index in [0.717, 1.165) is 12.0 Å². The second-order valence-electron chi connectivity index (χ2n) is 5.83. The number of nitrogens with zero attached hydrogens (tertiary/aromatic N) is 3. The number of ether oxygens (including phenoxy) is 2. The highest BCUT2D eigenvalue weighted by molar-refractivity contribution is 5.21. The van der Waals surface area contributed by atoms with Gasteiger partial charge in [0.1, 0.15) is 6.54 Å². The highest BCUT2D eigenvalue weighted by atomic mass is 16.7. The zero-order valence-electron chi connectivity index (χ0n) is 14.4. The smallest absolute Gasteiger partial charge is 0.215 e. The van der Waals surface area contributed by atoms with Crippen molar-refractivity contribution in [3.8, 4) is 0 Å². The third-order valence-electron chi connectivity index (χ3n) is 4.04. The number of hydrogen-bond donors (Lipinski definition) is 0. The maximum absolute atomic E-state index is 6.15. The summed E-state index contributed by atoms with van der Waals surface area (Å²) in [5.74, 6) is -0.754. The molecule has 1 aliphatic rings. The molecule has 2 atom stereocenters. The summed E-state index contributed by atoms with van der Waals surface area (Å²) >= 11 is 0. The van der Waals surface area contributed by atoms with Crippen molar-refractivity contribution < 1.29 is 9.47 Å². The molecular formula is C20H23N3O2. The molecule has 0 amide bonds. The second-order valence-corrected chi connectivity index (χ2v) is 5.83. The lowest BCUT2D eigenvalue weighted by molar-refractivity contribution is -0.188. The number of rotatable bonds is 4. The molecule has 2 aromatic carbocycles. The first-order chi connectivity index (χ1) is 12.3. The van der Waals surface area contributed by atoms with Crippen molar-refractivity contribution >= 4 is 0 Å². The van der Waals surface area contributed by atoms with Gasteiger partial charge < -0.3 is 9.47 Å². The minimum Gasteiger partial charge on any atom is -0.342 e. The fourth-order valence-electron chi connectivity index (χ4n) is 2.70. The van der Waals surface area contributed by atoms with Gasteiger partial charge in [0.05, 0.1) is 18.9 Å². The van der Waals surface area contributed by atoms with Crippen molar-refractivity contribution in [1.29, 1.82) is 0 Å². The Morgan fingerprint density at radius 1 is 1.04 bits per heavy atom. The Kier molecular flexibility index (Phi) is 5.93. The average molecular weight is 337 g/mol. The van der Waals surface area contributed by atoms with Crippen LogP contribution in [0.2, 0.25) is 0 Å². The summed E-state index contributed by atoms with van der Waals surface area (Å²) in [7, 11) is 0. The van der Waals surface area contributed by atoms with Crippen molar-refractivity contribution in [2.45, 2.75) is 31.8 Å². The molecule has 0 N–H and O–H groups in total. The van der Waals surface area contributed by atoms with E-state index in [1.807, 2.05) is 72.9 Å². The molecule has 1 saturated heterocycles. The van der Waals surface area contributed by atoms with Crippen molar-refractivity contribution in [2.75, 3.05) is 6.61 Å². The molecule has 5 heteroatoms. The fraction of sp³-hybridized carbons (Fsp3) is 0.300. The maximum Gasteiger partial charge on any atom is 0.215 e. The SMILES string of the molecule is CCC1COC(Cn2ccnn2)(c2ccccc2)O1.c1ccccc1. The van der Waals surface area contributed by atoms with Crippen molar-refractivity contribution in [3.63, 3.8) is 0 Å². The Morgan fingerprint density at radius 2 is 1.68 bits per heavy atom. The molecule has 0 saturated carbocycles. The van der Waals surface area contributed by atoms with Gasteiger partial charge in [0.15, 0.2) is 0 Å². The summed E-state index contributed by atoms with van der Waals surface area (Å²) in [6.07, 6.45) is 4.54. The van der Waals surface area contributed by atoms with Crippen LogP contribution < -0.4 is 0 Å². The number of hydrogen-bond acceptors (Lipinski definition) is 4. The normalized spacial score (nSPS) is 22.2. The van der Waals surface area contributed by atoms with E-state index in [9.17, 15) is 0 Å². The first-order valence-corrected chi connectivity index (χ1v) is 8.54. The molecule has 2 heterocycles. The topological polar surface area (TPSA) is 49.2 Å². The van der Waals surface area contributed by atoms with Gasteiger partial charge in [-0.2, -0.15) is 0 Å². The average Bonchev–Trinajstić information content (AvgIpc) is 3.35. The monoisotopic (exact) mass is 337 g/mol. The minimum absolute atomic E-state index is 0.128. The second kappa shape index (κ2) is 8.55. The van der Waals surface area contributed by atoms with Crippen LogP contribution in [0.25, 0.3) is 0 Å². The van der Waals surface area contributed by atoms with E-state index in [1.165, 1.54) is 0 Å². The molecule has 0 aliphatic carbocycles. The van der Waals surface area contributed by atoms with Crippen LogP contribution in [0.5, 0.6) is 0 Å². The van der Waals surface area contributed by atoms with Crippen LogP contribution in [-0.4, -0.2) is 27.7 Å². The van der Waals surface area contributed by atoms with E-state index in [1.54, 1.807) is 10.9 Å². The van der Waals surface area contributed by atoms with E-state index < -0.39 is 5.79 Å². The molecule has 0 bridgehead atoms. The Hall–Kier alpha value is -2.50. The third-order valence-corrected chi connectivity index (χ3v) is 4.04. The van der Waals surface area contributed by atoms with Gasteiger partial charge in [-0.3, -0.25) is 0 Å². The molecular weight excluding hydrogens is 314 g/mol. The lowest BCUT2D eigenvalue weighted by Crippen LogP contribution is -2.33. The van der Waals surface area contributed by atoms with Crippen LogP contribution in [0.1, 0.15) is 18.9 Å². The first-order valence-electron chi connectivity index (χ1n) is 8.54. The zero-order chi connectivity index (χ0) is 17.4. The molecule has 0 spiro atoms. The molecule has 4 rings (SSSR count). The van der Waals surface area contributed by atoms with Gasteiger partial charge in [-0.25, -0.2) is 4.68 Å². The summed E-state index contributed by atoms with van der Waals surface area (Å²) in [4.78, 5) is 0. The van der Waals surface area contributed by atoms with E-state index >= 15 is 0 Å². The van der Waals surface area contributed by atoms with E-state index in [4.69, 9.17) is 9.47 Å². The predicted molar refractivity (Wildman–Crippen MR) is 95.7 cm³/mol. The molecule has 3 aromatic rings. The van der Waals surface area contributed by atoms with Gasteiger partial charge in [0.25, 0.3) is 0 Å². The van der Waals surface area contributed by atoms with Gasteiger partial charge in [-0.15, -0.1) is 5.10 Å². The third kappa shape index (κ3) is 4.53. The van der Waals surface area contributed by atoms with Crippen molar-refractivity contribution in [3.05, 3.63) is 84.7 Å². The number of benzene rings is 2. The van der Waals surface area contributed by atoms with Gasteiger partial charge in [0, 0.05) is 11.8 Å². The van der Waals surface area contributed by atoms with Crippen LogP contribution in [0.15, 0.2) is 79.1 Å². The molecule has 25 heavy (non-hydrogen) atoms. The van der Waals surface area contributed by atoms with Gasteiger partial charge in [-0.05, 0) is 6.42 Å². The first kappa shape index (κ1) is 17.3.